The number of rotatable bonds is 3. The molecule has 2 N–H and O–H groups in total. The van der Waals surface area contributed by atoms with Crippen LogP contribution in [0.2, 0.25) is 10.0 Å². The lowest BCUT2D eigenvalue weighted by atomic mass is 10.3. The fourth-order valence-electron chi connectivity index (χ4n) is 1.46. The molecule has 0 atom stereocenters. The Bertz CT molecular complexity index is 630. The van der Waals surface area contributed by atoms with Crippen LogP contribution in [0.4, 0.5) is 5.69 Å². The lowest BCUT2D eigenvalue weighted by molar-refractivity contribution is 0.484. The molecular formula is C14H12Cl2N2OS. The lowest BCUT2D eigenvalue weighted by Crippen LogP contribution is -2.04. The fourth-order valence-corrected chi connectivity index (χ4v) is 1.94. The summed E-state index contributed by atoms with van der Waals surface area (Å²) in [4.78, 5) is 4.27. The summed E-state index contributed by atoms with van der Waals surface area (Å²) in [7, 11) is 0. The van der Waals surface area contributed by atoms with E-state index in [2.05, 4.69) is 4.99 Å². The zero-order valence-electron chi connectivity index (χ0n) is 10.6. The Kier molecular flexibility index (Phi) is 5.17. The third kappa shape index (κ3) is 4.07. The van der Waals surface area contributed by atoms with Crippen LogP contribution in [0.5, 0.6) is 11.5 Å². The summed E-state index contributed by atoms with van der Waals surface area (Å²) in [6.45, 7) is 0. The molecule has 104 valence electrons. The van der Waals surface area contributed by atoms with Gasteiger partial charge in [-0.3, -0.25) is 0 Å². The molecule has 0 fully saturated rings. The summed E-state index contributed by atoms with van der Waals surface area (Å²) in [5.74, 6) is 1.24. The highest BCUT2D eigenvalue weighted by Gasteiger charge is 2.06. The molecule has 0 spiro atoms. The Morgan fingerprint density at radius 3 is 2.40 bits per heavy atom. The number of benzene rings is 2. The standard InChI is InChI=1S/C14H12Cl2N2OS/c1-20-14(17)18-12-8-10(16)4-7-13(12)19-11-5-2-9(15)3-6-11/h2-8H,1H3,(H2,17,18). The molecule has 0 bridgehead atoms. The smallest absolute Gasteiger partial charge is 0.159 e. The van der Waals surface area contributed by atoms with E-state index >= 15 is 0 Å². The first-order valence-electron chi connectivity index (χ1n) is 5.69. The van der Waals surface area contributed by atoms with Gasteiger partial charge in [0, 0.05) is 10.0 Å². The third-order valence-corrected chi connectivity index (χ3v) is 3.40. The van der Waals surface area contributed by atoms with Crippen molar-refractivity contribution < 1.29 is 4.74 Å². The molecule has 2 aromatic carbocycles. The predicted octanol–water partition coefficient (Wildman–Crippen LogP) is 5.09. The van der Waals surface area contributed by atoms with Crippen LogP contribution in [-0.2, 0) is 0 Å². The minimum absolute atomic E-state index is 0.438. The van der Waals surface area contributed by atoms with Crippen molar-refractivity contribution in [3.8, 4) is 11.5 Å². The van der Waals surface area contributed by atoms with Gasteiger partial charge in [-0.05, 0) is 48.7 Å². The van der Waals surface area contributed by atoms with E-state index in [1.54, 1.807) is 42.5 Å². The molecule has 0 aromatic heterocycles. The van der Waals surface area contributed by atoms with Crippen molar-refractivity contribution in [2.45, 2.75) is 0 Å². The first-order valence-corrected chi connectivity index (χ1v) is 7.67. The van der Waals surface area contributed by atoms with Crippen LogP contribution in [0.1, 0.15) is 0 Å². The Hall–Kier alpha value is -1.36. The average molecular weight is 327 g/mol. The number of aliphatic imine (C=N–C) groups is 1. The number of nitrogens with zero attached hydrogens (tertiary/aromatic N) is 1. The summed E-state index contributed by atoms with van der Waals surface area (Å²) in [6.07, 6.45) is 1.85. The van der Waals surface area contributed by atoms with Crippen molar-refractivity contribution >= 4 is 45.8 Å². The van der Waals surface area contributed by atoms with Crippen molar-refractivity contribution in [1.82, 2.24) is 0 Å². The first kappa shape index (κ1) is 15.0. The van der Waals surface area contributed by atoms with E-state index in [1.165, 1.54) is 11.8 Å². The van der Waals surface area contributed by atoms with Crippen molar-refractivity contribution in [3.05, 3.63) is 52.5 Å². The summed E-state index contributed by atoms with van der Waals surface area (Å²) in [6, 6.07) is 12.3. The number of nitrogens with two attached hydrogens (primary N) is 1. The molecule has 6 heteroatoms. The Morgan fingerprint density at radius 1 is 1.10 bits per heavy atom. The minimum Gasteiger partial charge on any atom is -0.455 e. The van der Waals surface area contributed by atoms with Crippen molar-refractivity contribution in [3.63, 3.8) is 0 Å². The van der Waals surface area contributed by atoms with E-state index in [0.29, 0.717) is 32.4 Å². The number of ether oxygens (including phenoxy) is 1. The van der Waals surface area contributed by atoms with Gasteiger partial charge in [-0.15, -0.1) is 0 Å². The number of hydrogen-bond acceptors (Lipinski definition) is 3. The highest BCUT2D eigenvalue weighted by Crippen LogP contribution is 2.34. The first-order chi connectivity index (χ1) is 9.58. The monoisotopic (exact) mass is 326 g/mol. The predicted molar refractivity (Wildman–Crippen MR) is 87.8 cm³/mol. The zero-order valence-corrected chi connectivity index (χ0v) is 13.0. The van der Waals surface area contributed by atoms with E-state index in [-0.39, 0.29) is 0 Å². The topological polar surface area (TPSA) is 47.6 Å². The van der Waals surface area contributed by atoms with Gasteiger partial charge < -0.3 is 10.5 Å². The molecule has 0 saturated heterocycles. The minimum atomic E-state index is 0.438. The van der Waals surface area contributed by atoms with E-state index in [0.717, 1.165) is 0 Å². The van der Waals surface area contributed by atoms with Gasteiger partial charge in [-0.2, -0.15) is 0 Å². The molecule has 0 heterocycles. The highest BCUT2D eigenvalue weighted by molar-refractivity contribution is 8.13. The maximum absolute atomic E-state index is 5.98. The third-order valence-electron chi connectivity index (χ3n) is 2.40. The number of halogens is 2. The largest absolute Gasteiger partial charge is 0.455 e. The molecule has 20 heavy (non-hydrogen) atoms. The summed E-state index contributed by atoms with van der Waals surface area (Å²) in [5, 5.41) is 1.66. The molecule has 2 rings (SSSR count). The van der Waals surface area contributed by atoms with Crippen molar-refractivity contribution in [2.75, 3.05) is 6.26 Å². The van der Waals surface area contributed by atoms with E-state index < -0.39 is 0 Å². The molecule has 0 amide bonds. The molecule has 0 aliphatic carbocycles. The van der Waals surface area contributed by atoms with Gasteiger partial charge >= 0.3 is 0 Å². The van der Waals surface area contributed by atoms with Crippen LogP contribution < -0.4 is 10.5 Å². The molecule has 0 aliphatic rings. The molecule has 3 nitrogen and oxygen atoms in total. The lowest BCUT2D eigenvalue weighted by Gasteiger charge is -2.09. The van der Waals surface area contributed by atoms with Gasteiger partial charge in [0.1, 0.15) is 11.4 Å². The number of amidine groups is 1. The van der Waals surface area contributed by atoms with Crippen LogP contribution in [0.3, 0.4) is 0 Å². The van der Waals surface area contributed by atoms with Crippen molar-refractivity contribution in [1.29, 1.82) is 0 Å². The van der Waals surface area contributed by atoms with Crippen LogP contribution in [0.25, 0.3) is 0 Å². The fraction of sp³-hybridized carbons (Fsp3) is 0.0714. The molecule has 0 saturated carbocycles. The summed E-state index contributed by atoms with van der Waals surface area (Å²) >= 11 is 13.2. The zero-order chi connectivity index (χ0) is 14.5. The van der Waals surface area contributed by atoms with Gasteiger partial charge in [-0.1, -0.05) is 35.0 Å². The maximum atomic E-state index is 5.98. The maximum Gasteiger partial charge on any atom is 0.159 e. The number of thioether (sulfide) groups is 1. The average Bonchev–Trinajstić information content (AvgIpc) is 2.44. The van der Waals surface area contributed by atoms with E-state index in [1.807, 2.05) is 6.26 Å². The van der Waals surface area contributed by atoms with E-state index in [9.17, 15) is 0 Å². The molecule has 0 unspecified atom stereocenters. The molecule has 2 aromatic rings. The normalized spacial score (nSPS) is 11.4. The van der Waals surface area contributed by atoms with Gasteiger partial charge in [0.05, 0.1) is 0 Å². The Balaban J connectivity index is 2.33. The Labute approximate surface area is 131 Å². The van der Waals surface area contributed by atoms with Crippen LogP contribution in [0, 0.1) is 0 Å². The molecule has 0 radical (unpaired) electrons. The van der Waals surface area contributed by atoms with Crippen LogP contribution in [0.15, 0.2) is 47.5 Å². The van der Waals surface area contributed by atoms with Gasteiger partial charge in [0.15, 0.2) is 10.9 Å². The van der Waals surface area contributed by atoms with Gasteiger partial charge in [-0.25, -0.2) is 4.99 Å². The van der Waals surface area contributed by atoms with Gasteiger partial charge in [0.2, 0.25) is 0 Å². The number of hydrogen-bond donors (Lipinski definition) is 1. The van der Waals surface area contributed by atoms with E-state index in [4.69, 9.17) is 33.7 Å². The van der Waals surface area contributed by atoms with Crippen molar-refractivity contribution in [2.24, 2.45) is 10.7 Å². The molecule has 0 aliphatic heterocycles. The second kappa shape index (κ2) is 6.88. The SMILES string of the molecule is CSC(N)=Nc1cc(Cl)ccc1Oc1ccc(Cl)cc1. The van der Waals surface area contributed by atoms with Crippen LogP contribution in [-0.4, -0.2) is 11.4 Å². The summed E-state index contributed by atoms with van der Waals surface area (Å²) in [5.41, 5.74) is 6.32. The second-order valence-corrected chi connectivity index (χ2v) is 5.52. The van der Waals surface area contributed by atoms with Gasteiger partial charge in [0.25, 0.3) is 0 Å². The van der Waals surface area contributed by atoms with Crippen LogP contribution >= 0.6 is 35.0 Å². The second-order valence-electron chi connectivity index (χ2n) is 3.82. The highest BCUT2D eigenvalue weighted by atomic mass is 35.5. The quantitative estimate of drug-likeness (QED) is 0.630. The molecular weight excluding hydrogens is 315 g/mol. The Morgan fingerprint density at radius 2 is 1.75 bits per heavy atom. The summed E-state index contributed by atoms with van der Waals surface area (Å²) < 4.78 is 5.78.